The van der Waals surface area contributed by atoms with Crippen molar-refractivity contribution in [1.82, 2.24) is 10.2 Å². The molecule has 0 saturated carbocycles. The number of quaternary nitrogens is 1. The number of nitrogens with one attached hydrogen (secondary N) is 2. The Labute approximate surface area is 113 Å². The van der Waals surface area contributed by atoms with E-state index >= 15 is 0 Å². The van der Waals surface area contributed by atoms with Gasteiger partial charge < -0.3 is 5.21 Å². The van der Waals surface area contributed by atoms with Gasteiger partial charge in [0, 0.05) is 17.7 Å². The Morgan fingerprint density at radius 2 is 2.16 bits per heavy atom. The predicted octanol–water partition coefficient (Wildman–Crippen LogP) is 0.979. The SMILES string of the molecule is [O-][NH+](O)c1cccc(C=NNc2ccc(Cl)nn2)c1. The average Bonchev–Trinajstić information content (AvgIpc) is 2.41. The second-order valence-electron chi connectivity index (χ2n) is 3.54. The molecule has 8 heteroatoms. The minimum absolute atomic E-state index is 0.204. The Morgan fingerprint density at radius 3 is 2.84 bits per heavy atom. The van der Waals surface area contributed by atoms with Crippen LogP contribution in [-0.2, 0) is 0 Å². The third kappa shape index (κ3) is 3.97. The highest BCUT2D eigenvalue weighted by atomic mass is 35.5. The first-order chi connectivity index (χ1) is 9.15. The smallest absolute Gasteiger partial charge is 0.168 e. The van der Waals surface area contributed by atoms with E-state index in [0.29, 0.717) is 16.5 Å². The molecule has 0 aliphatic carbocycles. The third-order valence-electron chi connectivity index (χ3n) is 2.16. The molecule has 0 amide bonds. The van der Waals surface area contributed by atoms with Gasteiger partial charge in [0.1, 0.15) is 0 Å². The maximum Gasteiger partial charge on any atom is 0.168 e. The third-order valence-corrected chi connectivity index (χ3v) is 2.36. The van der Waals surface area contributed by atoms with Crippen LogP contribution >= 0.6 is 11.6 Å². The van der Waals surface area contributed by atoms with Crippen LogP contribution < -0.4 is 10.7 Å². The van der Waals surface area contributed by atoms with Gasteiger partial charge >= 0.3 is 0 Å². The zero-order chi connectivity index (χ0) is 13.7. The molecule has 7 nitrogen and oxygen atoms in total. The van der Waals surface area contributed by atoms with Gasteiger partial charge in [-0.15, -0.1) is 10.2 Å². The van der Waals surface area contributed by atoms with E-state index in [1.165, 1.54) is 18.3 Å². The van der Waals surface area contributed by atoms with Crippen LogP contribution in [0.25, 0.3) is 0 Å². The highest BCUT2D eigenvalue weighted by Gasteiger charge is 1.99. The standard InChI is InChI=1S/C11H10ClN5O2/c12-10-4-5-11(16-14-10)15-13-7-8-2-1-3-9(6-8)17(18)19/h1-7,17-18H,(H,15,16). The van der Waals surface area contributed by atoms with Crippen molar-refractivity contribution in [3.8, 4) is 0 Å². The molecule has 98 valence electrons. The maximum atomic E-state index is 10.8. The van der Waals surface area contributed by atoms with Crippen molar-refractivity contribution >= 4 is 29.3 Å². The van der Waals surface area contributed by atoms with E-state index in [0.717, 1.165) is 0 Å². The van der Waals surface area contributed by atoms with Crippen molar-refractivity contribution in [2.24, 2.45) is 5.10 Å². The van der Waals surface area contributed by atoms with Gasteiger partial charge in [-0.2, -0.15) is 10.3 Å². The Morgan fingerprint density at radius 1 is 1.32 bits per heavy atom. The predicted molar refractivity (Wildman–Crippen MR) is 70.5 cm³/mol. The minimum Gasteiger partial charge on any atom is -0.595 e. The molecule has 0 saturated heterocycles. The van der Waals surface area contributed by atoms with Gasteiger partial charge in [0.25, 0.3) is 0 Å². The molecule has 0 aliphatic rings. The Kier molecular flexibility index (Phi) is 4.37. The van der Waals surface area contributed by atoms with Crippen molar-refractivity contribution in [3.63, 3.8) is 0 Å². The molecule has 0 bridgehead atoms. The zero-order valence-electron chi connectivity index (χ0n) is 9.62. The van der Waals surface area contributed by atoms with Crippen LogP contribution in [0.3, 0.4) is 0 Å². The van der Waals surface area contributed by atoms with E-state index in [1.54, 1.807) is 24.3 Å². The van der Waals surface area contributed by atoms with E-state index in [1.807, 2.05) is 0 Å². The second-order valence-corrected chi connectivity index (χ2v) is 3.93. The van der Waals surface area contributed by atoms with Gasteiger partial charge in [0.15, 0.2) is 16.7 Å². The number of halogens is 1. The molecule has 1 aromatic carbocycles. The number of anilines is 1. The number of hydrogen-bond acceptors (Lipinski definition) is 6. The molecule has 0 radical (unpaired) electrons. The molecule has 19 heavy (non-hydrogen) atoms. The van der Waals surface area contributed by atoms with Crippen LogP contribution in [0.2, 0.25) is 5.15 Å². The molecular formula is C11H10ClN5O2. The summed E-state index contributed by atoms with van der Waals surface area (Å²) in [6, 6.07) is 9.62. The van der Waals surface area contributed by atoms with Crippen molar-refractivity contribution in [1.29, 1.82) is 0 Å². The summed E-state index contributed by atoms with van der Waals surface area (Å²) in [6.07, 6.45) is 1.49. The van der Waals surface area contributed by atoms with Crippen LogP contribution in [0.4, 0.5) is 11.5 Å². The number of hydrogen-bond donors (Lipinski definition) is 3. The zero-order valence-corrected chi connectivity index (χ0v) is 10.4. The van der Waals surface area contributed by atoms with Crippen molar-refractivity contribution < 1.29 is 10.4 Å². The maximum absolute atomic E-state index is 10.8. The van der Waals surface area contributed by atoms with E-state index in [-0.39, 0.29) is 5.69 Å². The van der Waals surface area contributed by atoms with Gasteiger partial charge in [-0.1, -0.05) is 23.7 Å². The number of benzene rings is 1. The molecule has 3 N–H and O–H groups in total. The van der Waals surface area contributed by atoms with Crippen LogP contribution in [0.15, 0.2) is 41.5 Å². The lowest BCUT2D eigenvalue weighted by Gasteiger charge is -2.11. The molecule has 1 heterocycles. The van der Waals surface area contributed by atoms with Crippen LogP contribution in [-0.4, -0.2) is 21.6 Å². The van der Waals surface area contributed by atoms with Gasteiger partial charge in [-0.3, -0.25) is 5.43 Å². The number of nitrogens with zero attached hydrogens (tertiary/aromatic N) is 3. The van der Waals surface area contributed by atoms with Crippen molar-refractivity contribution in [2.75, 3.05) is 5.43 Å². The normalized spacial score (nSPS) is 12.6. The Bertz CT molecular complexity index is 574. The average molecular weight is 280 g/mol. The first-order valence-corrected chi connectivity index (χ1v) is 5.64. The minimum atomic E-state index is -0.980. The Hall–Kier alpha value is -2.06. The molecule has 2 aromatic rings. The fourth-order valence-corrected chi connectivity index (χ4v) is 1.40. The largest absolute Gasteiger partial charge is 0.595 e. The molecule has 0 aliphatic heterocycles. The van der Waals surface area contributed by atoms with Crippen molar-refractivity contribution in [2.45, 2.75) is 0 Å². The highest BCUT2D eigenvalue weighted by molar-refractivity contribution is 6.29. The van der Waals surface area contributed by atoms with Gasteiger partial charge in [0.05, 0.1) is 6.21 Å². The summed E-state index contributed by atoms with van der Waals surface area (Å²) in [5.41, 5.74) is 3.52. The van der Waals surface area contributed by atoms with Crippen LogP contribution in [0.1, 0.15) is 5.56 Å². The van der Waals surface area contributed by atoms with E-state index in [2.05, 4.69) is 20.7 Å². The number of aromatic nitrogens is 2. The van der Waals surface area contributed by atoms with Gasteiger partial charge in [-0.25, -0.2) is 5.21 Å². The molecule has 1 atom stereocenters. The lowest BCUT2D eigenvalue weighted by molar-refractivity contribution is -0.991. The number of hydrazone groups is 1. The summed E-state index contributed by atoms with van der Waals surface area (Å²) in [7, 11) is 0. The summed E-state index contributed by atoms with van der Waals surface area (Å²) in [5.74, 6) is 0.440. The van der Waals surface area contributed by atoms with E-state index in [4.69, 9.17) is 16.8 Å². The number of rotatable bonds is 4. The van der Waals surface area contributed by atoms with Gasteiger partial charge in [-0.05, 0) is 12.1 Å². The second kappa shape index (κ2) is 6.21. The quantitative estimate of drug-likeness (QED) is 0.572. The summed E-state index contributed by atoms with van der Waals surface area (Å²) < 4.78 is 0. The molecular weight excluding hydrogens is 270 g/mol. The topological polar surface area (TPSA) is 97.9 Å². The summed E-state index contributed by atoms with van der Waals surface area (Å²) in [5, 5.41) is 30.3. The van der Waals surface area contributed by atoms with E-state index in [9.17, 15) is 5.21 Å². The molecule has 2 rings (SSSR count). The summed E-state index contributed by atoms with van der Waals surface area (Å²) in [4.78, 5) is 0. The fraction of sp³-hybridized carbons (Fsp3) is 0. The lowest BCUT2D eigenvalue weighted by atomic mass is 10.2. The first kappa shape index (κ1) is 13.4. The first-order valence-electron chi connectivity index (χ1n) is 5.27. The van der Waals surface area contributed by atoms with Crippen LogP contribution in [0.5, 0.6) is 0 Å². The monoisotopic (exact) mass is 279 g/mol. The molecule has 1 unspecified atom stereocenters. The summed E-state index contributed by atoms with van der Waals surface area (Å²) >= 11 is 5.59. The van der Waals surface area contributed by atoms with E-state index < -0.39 is 5.23 Å². The fourth-order valence-electron chi connectivity index (χ4n) is 1.30. The molecule has 1 aromatic heterocycles. The molecule has 0 spiro atoms. The van der Waals surface area contributed by atoms with Crippen molar-refractivity contribution in [3.05, 3.63) is 52.3 Å². The van der Waals surface area contributed by atoms with Gasteiger partial charge in [0.2, 0.25) is 0 Å². The Balaban J connectivity index is 2.02. The van der Waals surface area contributed by atoms with Crippen LogP contribution in [0, 0.1) is 5.21 Å². The lowest BCUT2D eigenvalue weighted by Crippen LogP contribution is -2.99. The summed E-state index contributed by atoms with van der Waals surface area (Å²) in [6.45, 7) is 0. The molecule has 0 fully saturated rings. The highest BCUT2D eigenvalue weighted by Crippen LogP contribution is 2.06.